The van der Waals surface area contributed by atoms with Crippen LogP contribution in [0.4, 0.5) is 0 Å². The normalized spacial score (nSPS) is 12.5. The van der Waals surface area contributed by atoms with E-state index in [1.165, 1.54) is 0 Å². The average molecular weight is 210 g/mol. The molecule has 1 aromatic heterocycles. The van der Waals surface area contributed by atoms with Crippen LogP contribution in [0.5, 0.6) is 0 Å². The van der Waals surface area contributed by atoms with Gasteiger partial charge in [0, 0.05) is 32.9 Å². The van der Waals surface area contributed by atoms with Crippen LogP contribution in [0.1, 0.15) is 23.8 Å². The summed E-state index contributed by atoms with van der Waals surface area (Å²) in [5.41, 5.74) is 6.10. The highest BCUT2D eigenvalue weighted by molar-refractivity contribution is 5.91. The van der Waals surface area contributed by atoms with Crippen LogP contribution >= 0.6 is 0 Å². The predicted octanol–water partition coefficient (Wildman–Crippen LogP) is 0.229. The first kappa shape index (κ1) is 11.7. The topological polar surface area (TPSA) is 64.2 Å². The number of nitrogens with zero attached hydrogens (tertiary/aromatic N) is 3. The fourth-order valence-electron chi connectivity index (χ4n) is 1.22. The van der Waals surface area contributed by atoms with E-state index >= 15 is 0 Å². The number of hydrogen-bond donors (Lipinski definition) is 1. The van der Waals surface area contributed by atoms with Gasteiger partial charge >= 0.3 is 0 Å². The molecule has 0 radical (unpaired) electrons. The molecule has 1 amide bonds. The summed E-state index contributed by atoms with van der Waals surface area (Å²) in [6, 6.07) is 0.115. The van der Waals surface area contributed by atoms with Crippen LogP contribution in [0.3, 0.4) is 0 Å². The molecule has 0 bridgehead atoms. The Labute approximate surface area is 89.9 Å². The third-order valence-electron chi connectivity index (χ3n) is 2.19. The van der Waals surface area contributed by atoms with Crippen LogP contribution in [-0.4, -0.2) is 40.0 Å². The number of carbonyl (C=O) groups is 1. The van der Waals surface area contributed by atoms with Gasteiger partial charge in [0.1, 0.15) is 5.69 Å². The van der Waals surface area contributed by atoms with Gasteiger partial charge in [0.2, 0.25) is 0 Å². The van der Waals surface area contributed by atoms with Crippen LogP contribution in [0.25, 0.3) is 0 Å². The summed E-state index contributed by atoms with van der Waals surface area (Å²) in [6.45, 7) is 2.59. The fraction of sp³-hybridized carbons (Fsp3) is 0.600. The summed E-state index contributed by atoms with van der Waals surface area (Å²) < 4.78 is 1.76. The molecule has 1 atom stereocenters. The molecule has 84 valence electrons. The Kier molecular flexibility index (Phi) is 3.85. The van der Waals surface area contributed by atoms with Crippen molar-refractivity contribution in [3.05, 3.63) is 18.2 Å². The van der Waals surface area contributed by atoms with Crippen molar-refractivity contribution >= 4 is 5.91 Å². The van der Waals surface area contributed by atoms with E-state index in [0.717, 1.165) is 6.42 Å². The monoisotopic (exact) mass is 210 g/mol. The van der Waals surface area contributed by atoms with Gasteiger partial charge in [0.25, 0.3) is 5.91 Å². The number of hydrogen-bond acceptors (Lipinski definition) is 3. The van der Waals surface area contributed by atoms with Crippen LogP contribution in [-0.2, 0) is 7.05 Å². The Bertz CT molecular complexity index is 332. The van der Waals surface area contributed by atoms with Crippen molar-refractivity contribution in [2.45, 2.75) is 19.4 Å². The predicted molar refractivity (Wildman–Crippen MR) is 58.4 cm³/mol. The standard InChI is InChI=1S/C10H18N4O/c1-8(11)4-5-14(3)10(15)9-6-13(2)7-12-9/h6-8H,4-5,11H2,1-3H3. The number of aryl methyl sites for hydroxylation is 1. The molecule has 0 saturated carbocycles. The molecule has 1 heterocycles. The van der Waals surface area contributed by atoms with Crippen molar-refractivity contribution < 1.29 is 4.79 Å². The van der Waals surface area contributed by atoms with Gasteiger partial charge < -0.3 is 15.2 Å². The molecule has 0 aliphatic heterocycles. The van der Waals surface area contributed by atoms with E-state index in [2.05, 4.69) is 4.98 Å². The quantitative estimate of drug-likeness (QED) is 0.773. The van der Waals surface area contributed by atoms with E-state index in [-0.39, 0.29) is 11.9 Å². The first-order valence-electron chi connectivity index (χ1n) is 4.99. The fourth-order valence-corrected chi connectivity index (χ4v) is 1.22. The second kappa shape index (κ2) is 4.93. The highest BCUT2D eigenvalue weighted by atomic mass is 16.2. The van der Waals surface area contributed by atoms with Gasteiger partial charge in [0.15, 0.2) is 0 Å². The van der Waals surface area contributed by atoms with Crippen LogP contribution in [0.15, 0.2) is 12.5 Å². The van der Waals surface area contributed by atoms with Gasteiger partial charge in [0.05, 0.1) is 6.33 Å². The van der Waals surface area contributed by atoms with Gasteiger partial charge in [-0.05, 0) is 13.3 Å². The zero-order chi connectivity index (χ0) is 11.4. The van der Waals surface area contributed by atoms with Crippen molar-refractivity contribution in [3.8, 4) is 0 Å². The minimum Gasteiger partial charge on any atom is -0.340 e. The van der Waals surface area contributed by atoms with Crippen LogP contribution in [0, 0.1) is 0 Å². The smallest absolute Gasteiger partial charge is 0.273 e. The minimum atomic E-state index is -0.0590. The SMILES string of the molecule is CC(N)CCN(C)C(=O)c1cn(C)cn1. The molecular formula is C10H18N4O. The zero-order valence-electron chi connectivity index (χ0n) is 9.47. The first-order chi connectivity index (χ1) is 7.00. The van der Waals surface area contributed by atoms with E-state index in [1.54, 1.807) is 29.0 Å². The number of nitrogens with two attached hydrogens (primary N) is 1. The van der Waals surface area contributed by atoms with E-state index in [9.17, 15) is 4.79 Å². The summed E-state index contributed by atoms with van der Waals surface area (Å²) in [4.78, 5) is 17.4. The summed E-state index contributed by atoms with van der Waals surface area (Å²) in [5, 5.41) is 0. The maximum absolute atomic E-state index is 11.8. The third-order valence-corrected chi connectivity index (χ3v) is 2.19. The lowest BCUT2D eigenvalue weighted by atomic mass is 10.2. The number of rotatable bonds is 4. The summed E-state index contributed by atoms with van der Waals surface area (Å²) in [7, 11) is 3.60. The Balaban J connectivity index is 2.53. The molecule has 5 nitrogen and oxygen atoms in total. The van der Waals surface area contributed by atoms with Gasteiger partial charge in [-0.1, -0.05) is 0 Å². The van der Waals surface area contributed by atoms with Crippen LogP contribution in [0.2, 0.25) is 0 Å². The Morgan fingerprint density at radius 1 is 1.73 bits per heavy atom. The molecule has 1 unspecified atom stereocenters. The third kappa shape index (κ3) is 3.36. The van der Waals surface area contributed by atoms with Crippen molar-refractivity contribution in [2.75, 3.05) is 13.6 Å². The maximum atomic E-state index is 11.8. The van der Waals surface area contributed by atoms with E-state index < -0.39 is 0 Å². The molecule has 0 saturated heterocycles. The largest absolute Gasteiger partial charge is 0.340 e. The highest BCUT2D eigenvalue weighted by Crippen LogP contribution is 2.01. The average Bonchev–Trinajstić information content (AvgIpc) is 2.60. The van der Waals surface area contributed by atoms with Crippen molar-refractivity contribution in [2.24, 2.45) is 12.8 Å². The molecule has 0 aliphatic carbocycles. The molecule has 0 aromatic carbocycles. The van der Waals surface area contributed by atoms with Crippen LogP contribution < -0.4 is 5.73 Å². The second-order valence-corrected chi connectivity index (χ2v) is 3.92. The summed E-state index contributed by atoms with van der Waals surface area (Å²) >= 11 is 0. The number of imidazole rings is 1. The zero-order valence-corrected chi connectivity index (χ0v) is 9.47. The summed E-state index contributed by atoms with van der Waals surface area (Å²) in [5.74, 6) is -0.0590. The van der Waals surface area contributed by atoms with Gasteiger partial charge in [-0.15, -0.1) is 0 Å². The number of aromatic nitrogens is 2. The first-order valence-corrected chi connectivity index (χ1v) is 4.99. The Morgan fingerprint density at radius 3 is 2.87 bits per heavy atom. The van der Waals surface area contributed by atoms with Crippen molar-refractivity contribution in [1.82, 2.24) is 14.5 Å². The van der Waals surface area contributed by atoms with Crippen molar-refractivity contribution in [3.63, 3.8) is 0 Å². The van der Waals surface area contributed by atoms with Crippen molar-refractivity contribution in [1.29, 1.82) is 0 Å². The molecular weight excluding hydrogens is 192 g/mol. The maximum Gasteiger partial charge on any atom is 0.273 e. The molecule has 0 fully saturated rings. The molecule has 0 aliphatic rings. The van der Waals surface area contributed by atoms with Gasteiger partial charge in [-0.25, -0.2) is 4.98 Å². The van der Waals surface area contributed by atoms with E-state index in [0.29, 0.717) is 12.2 Å². The molecule has 1 rings (SSSR count). The number of carbonyl (C=O) groups excluding carboxylic acids is 1. The van der Waals surface area contributed by atoms with E-state index in [1.807, 2.05) is 14.0 Å². The molecule has 15 heavy (non-hydrogen) atoms. The van der Waals surface area contributed by atoms with Gasteiger partial charge in [-0.3, -0.25) is 4.79 Å². The Morgan fingerprint density at radius 2 is 2.40 bits per heavy atom. The minimum absolute atomic E-state index is 0.0590. The summed E-state index contributed by atoms with van der Waals surface area (Å²) in [6.07, 6.45) is 4.13. The molecule has 0 spiro atoms. The van der Waals surface area contributed by atoms with E-state index in [4.69, 9.17) is 5.73 Å². The van der Waals surface area contributed by atoms with Gasteiger partial charge in [-0.2, -0.15) is 0 Å². The highest BCUT2D eigenvalue weighted by Gasteiger charge is 2.13. The lowest BCUT2D eigenvalue weighted by Gasteiger charge is -2.16. The Hall–Kier alpha value is -1.36. The molecule has 5 heteroatoms. The molecule has 2 N–H and O–H groups in total. The molecule has 1 aromatic rings. The second-order valence-electron chi connectivity index (χ2n) is 3.92. The number of amides is 1. The lowest BCUT2D eigenvalue weighted by molar-refractivity contribution is 0.0786. The lowest BCUT2D eigenvalue weighted by Crippen LogP contribution is -2.31.